The Morgan fingerprint density at radius 2 is 1.31 bits per heavy atom. The highest BCUT2D eigenvalue weighted by Crippen LogP contribution is 2.62. The van der Waals surface area contributed by atoms with Gasteiger partial charge in [0.1, 0.15) is 0 Å². The van der Waals surface area contributed by atoms with Crippen LogP contribution in [0.4, 0.5) is 61.5 Å². The summed E-state index contributed by atoms with van der Waals surface area (Å²) in [5, 5.41) is 9.48. The average molecular weight is 568 g/mol. The zero-order chi connectivity index (χ0) is 29.0. The SMILES string of the molecule is C[N+](C)(CCCNC(=O)C(F)(C(F)(F)F)C(F)(F)N1C(F)(F)C(F)(F)OC(F)(F)C1(F)F)CC(=O)O. The topological polar surface area (TPSA) is 78.9 Å². The molecule has 1 aliphatic heterocycles. The fourth-order valence-corrected chi connectivity index (χ4v) is 2.94. The smallest absolute Gasteiger partial charge is 0.439 e. The van der Waals surface area contributed by atoms with Crippen LogP contribution in [0, 0.1) is 0 Å². The summed E-state index contributed by atoms with van der Waals surface area (Å²) in [4.78, 5) is 18.4. The molecule has 21 heteroatoms. The molecule has 0 radical (unpaired) electrons. The van der Waals surface area contributed by atoms with Crippen LogP contribution in [-0.4, -0.2) is 102 Å². The zero-order valence-corrected chi connectivity index (χ0v) is 17.7. The lowest BCUT2D eigenvalue weighted by Crippen LogP contribution is -2.83. The number of rotatable bonds is 9. The summed E-state index contributed by atoms with van der Waals surface area (Å²) in [7, 11) is 2.45. The molecule has 1 unspecified atom stereocenters. The number of morpholine rings is 1. The summed E-state index contributed by atoms with van der Waals surface area (Å²) in [5.41, 5.74) is -7.22. The maximum atomic E-state index is 14.7. The molecular weight excluding hydrogens is 552 g/mol. The van der Waals surface area contributed by atoms with Gasteiger partial charge in [0.05, 0.1) is 20.6 Å². The van der Waals surface area contributed by atoms with E-state index in [1.807, 2.05) is 4.74 Å². The third-order valence-corrected chi connectivity index (χ3v) is 4.71. The van der Waals surface area contributed by atoms with E-state index in [1.165, 1.54) is 14.1 Å². The molecule has 1 aliphatic rings. The molecule has 0 saturated carbocycles. The van der Waals surface area contributed by atoms with E-state index in [4.69, 9.17) is 5.11 Å². The van der Waals surface area contributed by atoms with Gasteiger partial charge < -0.3 is 14.9 Å². The molecule has 0 aromatic heterocycles. The van der Waals surface area contributed by atoms with E-state index in [-0.39, 0.29) is 6.54 Å². The van der Waals surface area contributed by atoms with E-state index >= 15 is 0 Å². The number of ether oxygens (including phenoxy) is 1. The predicted octanol–water partition coefficient (Wildman–Crippen LogP) is 3.22. The number of carbonyl (C=O) groups is 2. The Morgan fingerprint density at radius 1 is 0.889 bits per heavy atom. The van der Waals surface area contributed by atoms with Crippen molar-refractivity contribution in [3.8, 4) is 0 Å². The second-order valence-corrected chi connectivity index (χ2v) is 8.07. The second kappa shape index (κ2) is 8.99. The zero-order valence-electron chi connectivity index (χ0n) is 17.7. The molecular formula is C15H16F14N3O4+. The standard InChI is InChI=1S/C15H15F14N3O4/c1-32(2,6-7(33)34)5-3-4-30-8(35)9(16,10(17,18)19)11(20,21)31-12(22,23)14(26,27)36-15(28,29)13(31,24)25/h3-6H2,1-2H3,(H-,30,33,34,35)/p+1. The third kappa shape index (κ3) is 5.13. The number of amides is 1. The molecule has 212 valence electrons. The molecule has 36 heavy (non-hydrogen) atoms. The highest BCUT2D eigenvalue weighted by Gasteiger charge is 2.92. The summed E-state index contributed by atoms with van der Waals surface area (Å²) in [6.07, 6.45) is -22.1. The first-order valence-corrected chi connectivity index (χ1v) is 9.09. The Morgan fingerprint density at radius 3 is 1.67 bits per heavy atom. The van der Waals surface area contributed by atoms with Crippen LogP contribution in [0.25, 0.3) is 0 Å². The minimum Gasteiger partial charge on any atom is -0.477 e. The van der Waals surface area contributed by atoms with Crippen molar-refractivity contribution in [3.63, 3.8) is 0 Å². The number of halogens is 14. The molecule has 1 rings (SSSR count). The van der Waals surface area contributed by atoms with Crippen molar-refractivity contribution < 1.29 is 85.4 Å². The van der Waals surface area contributed by atoms with Gasteiger partial charge in [-0.1, -0.05) is 0 Å². The number of nitrogens with one attached hydrogen (secondary N) is 1. The van der Waals surface area contributed by atoms with Crippen LogP contribution in [0.5, 0.6) is 0 Å². The van der Waals surface area contributed by atoms with Crippen LogP contribution in [0.2, 0.25) is 0 Å². The number of likely N-dealkylation sites (N-methyl/N-ethyl adjacent to an activating group) is 1. The van der Waals surface area contributed by atoms with Gasteiger partial charge >= 0.3 is 48.2 Å². The van der Waals surface area contributed by atoms with E-state index in [0.29, 0.717) is 0 Å². The van der Waals surface area contributed by atoms with Gasteiger partial charge in [-0.3, -0.25) is 4.79 Å². The lowest BCUT2D eigenvalue weighted by molar-refractivity contribution is -0.883. The molecule has 0 aromatic carbocycles. The molecule has 0 bridgehead atoms. The normalized spacial score (nSPS) is 23.6. The molecule has 1 heterocycles. The lowest BCUT2D eigenvalue weighted by atomic mass is 9.98. The second-order valence-electron chi connectivity index (χ2n) is 8.07. The van der Waals surface area contributed by atoms with E-state index in [2.05, 4.69) is 0 Å². The van der Waals surface area contributed by atoms with Crippen molar-refractivity contribution in [1.82, 2.24) is 10.2 Å². The molecule has 1 atom stereocenters. The van der Waals surface area contributed by atoms with Crippen LogP contribution in [0.3, 0.4) is 0 Å². The minimum absolute atomic E-state index is 0.355. The number of nitrogens with zero attached hydrogens (tertiary/aromatic N) is 2. The van der Waals surface area contributed by atoms with Gasteiger partial charge in [0.25, 0.3) is 5.91 Å². The molecule has 0 spiro atoms. The molecule has 0 aliphatic carbocycles. The quantitative estimate of drug-likeness (QED) is 0.194. The Bertz CT molecular complexity index is 837. The maximum Gasteiger partial charge on any atom is 0.439 e. The Hall–Kier alpha value is -2.16. The van der Waals surface area contributed by atoms with Crippen LogP contribution in [-0.2, 0) is 14.3 Å². The first-order chi connectivity index (χ1) is 15.6. The molecule has 1 fully saturated rings. The Labute approximate surface area is 191 Å². The van der Waals surface area contributed by atoms with Gasteiger partial charge in [-0.15, -0.1) is 4.90 Å². The largest absolute Gasteiger partial charge is 0.477 e. The molecule has 2 N–H and O–H groups in total. The summed E-state index contributed by atoms with van der Waals surface area (Å²) < 4.78 is 193. The summed E-state index contributed by atoms with van der Waals surface area (Å²) in [6, 6.07) is -22.7. The van der Waals surface area contributed by atoms with Crippen LogP contribution in [0.1, 0.15) is 6.42 Å². The highest BCUT2D eigenvalue weighted by molar-refractivity contribution is 5.87. The number of hydrogen-bond donors (Lipinski definition) is 2. The Kier molecular flexibility index (Phi) is 7.96. The van der Waals surface area contributed by atoms with Gasteiger partial charge in [0.2, 0.25) is 0 Å². The number of carboxylic acids is 1. The van der Waals surface area contributed by atoms with Gasteiger partial charge in [-0.05, 0) is 0 Å². The van der Waals surface area contributed by atoms with Gasteiger partial charge in [0.15, 0.2) is 6.54 Å². The average Bonchev–Trinajstić information content (AvgIpc) is 2.59. The Balaban J connectivity index is 3.45. The van der Waals surface area contributed by atoms with E-state index in [9.17, 15) is 71.1 Å². The van der Waals surface area contributed by atoms with E-state index in [1.54, 1.807) is 0 Å². The monoisotopic (exact) mass is 568 g/mol. The van der Waals surface area contributed by atoms with Gasteiger partial charge in [0, 0.05) is 13.0 Å². The number of aliphatic carboxylic acids is 1. The number of carboxylic acid groups (broad SMARTS) is 1. The first-order valence-electron chi connectivity index (χ1n) is 9.09. The summed E-state index contributed by atoms with van der Waals surface area (Å²) >= 11 is 0. The number of hydrogen-bond acceptors (Lipinski definition) is 4. The van der Waals surface area contributed by atoms with Gasteiger partial charge in [-0.25, -0.2) is 13.9 Å². The molecule has 1 saturated heterocycles. The first kappa shape index (κ1) is 31.9. The van der Waals surface area contributed by atoms with Crippen molar-refractivity contribution >= 4 is 11.9 Å². The number of quaternary nitrogens is 1. The van der Waals surface area contributed by atoms with Crippen LogP contribution >= 0.6 is 0 Å². The lowest BCUT2D eigenvalue weighted by Gasteiger charge is -2.51. The molecule has 1 amide bonds. The minimum atomic E-state index is -7.81. The fourth-order valence-electron chi connectivity index (χ4n) is 2.94. The summed E-state index contributed by atoms with van der Waals surface area (Å²) in [5.74, 6) is -5.06. The maximum absolute atomic E-state index is 14.7. The van der Waals surface area contributed by atoms with Crippen LogP contribution < -0.4 is 5.32 Å². The number of alkyl halides is 14. The molecule has 7 nitrogen and oxygen atoms in total. The predicted molar refractivity (Wildman–Crippen MR) is 84.7 cm³/mol. The van der Waals surface area contributed by atoms with Crippen molar-refractivity contribution in [2.24, 2.45) is 0 Å². The fraction of sp³-hybridized carbons (Fsp3) is 0.867. The van der Waals surface area contributed by atoms with Crippen molar-refractivity contribution in [3.05, 3.63) is 0 Å². The van der Waals surface area contributed by atoms with Crippen LogP contribution in [0.15, 0.2) is 0 Å². The highest BCUT2D eigenvalue weighted by atomic mass is 19.4. The van der Waals surface area contributed by atoms with Crippen molar-refractivity contribution in [1.29, 1.82) is 0 Å². The van der Waals surface area contributed by atoms with Crippen molar-refractivity contribution in [2.45, 2.75) is 48.6 Å². The third-order valence-electron chi connectivity index (χ3n) is 4.71. The van der Waals surface area contributed by atoms with Gasteiger partial charge in [-0.2, -0.15) is 57.1 Å². The number of carbonyl (C=O) groups excluding carboxylic acids is 1. The van der Waals surface area contributed by atoms with E-state index in [0.717, 1.165) is 5.32 Å². The molecule has 0 aromatic rings. The summed E-state index contributed by atoms with van der Waals surface area (Å²) in [6.45, 7) is -2.21. The van der Waals surface area contributed by atoms with E-state index < -0.39 is 83.0 Å². The van der Waals surface area contributed by atoms with Crippen molar-refractivity contribution in [2.75, 3.05) is 33.7 Å².